The summed E-state index contributed by atoms with van der Waals surface area (Å²) in [7, 11) is 0. The molecule has 1 aromatic rings. The quantitative estimate of drug-likeness (QED) is 0.601. The minimum absolute atomic E-state index is 0.0315. The summed E-state index contributed by atoms with van der Waals surface area (Å²) in [6.45, 7) is 11.8. The molecule has 0 aliphatic carbocycles. The highest BCUT2D eigenvalue weighted by Crippen LogP contribution is 2.38. The predicted molar refractivity (Wildman–Crippen MR) is 112 cm³/mol. The van der Waals surface area contributed by atoms with Crippen molar-refractivity contribution in [3.8, 4) is 0 Å². The minimum atomic E-state index is 0.0315. The van der Waals surface area contributed by atoms with Crippen molar-refractivity contribution in [3.63, 3.8) is 0 Å². The number of hydrogen-bond donors (Lipinski definition) is 1. The van der Waals surface area contributed by atoms with Crippen molar-refractivity contribution in [2.45, 2.75) is 47.0 Å². The molecule has 1 saturated heterocycles. The molecule has 0 atom stereocenters. The molecule has 0 spiro atoms. The number of aryl methyl sites for hydroxylation is 1. The lowest BCUT2D eigenvalue weighted by molar-refractivity contribution is 0.0863. The summed E-state index contributed by atoms with van der Waals surface area (Å²) in [4.78, 5) is 12.7. The van der Waals surface area contributed by atoms with Gasteiger partial charge < -0.3 is 5.32 Å². The Kier molecular flexibility index (Phi) is 7.84. The van der Waals surface area contributed by atoms with Crippen LogP contribution in [0.3, 0.4) is 0 Å². The summed E-state index contributed by atoms with van der Waals surface area (Å²) in [5.74, 6) is 1.81. The van der Waals surface area contributed by atoms with Crippen LogP contribution >= 0.6 is 27.9 Å². The molecule has 0 radical (unpaired) electrons. The van der Waals surface area contributed by atoms with E-state index in [9.17, 15) is 4.79 Å². The average Bonchev–Trinajstić information content (AvgIpc) is 2.57. The number of amides is 1. The van der Waals surface area contributed by atoms with Crippen molar-refractivity contribution in [1.29, 1.82) is 0 Å². The number of hydrogen-bond acceptors (Lipinski definition) is 3. The zero-order valence-corrected chi connectivity index (χ0v) is 18.3. The van der Waals surface area contributed by atoms with E-state index in [0.717, 1.165) is 53.8 Å². The first-order valence-electron chi connectivity index (χ1n) is 9.27. The SMILES string of the molecule is CCSN1CCC(CNC(=O)c2cc(C)ccc2Br)(CC(C)C)CC1. The van der Waals surface area contributed by atoms with Crippen LogP contribution in [0.1, 0.15) is 56.0 Å². The van der Waals surface area contributed by atoms with Crippen molar-refractivity contribution in [2.75, 3.05) is 25.4 Å². The van der Waals surface area contributed by atoms with Gasteiger partial charge in [-0.2, -0.15) is 0 Å². The van der Waals surface area contributed by atoms with Gasteiger partial charge in [-0.3, -0.25) is 9.10 Å². The lowest BCUT2D eigenvalue weighted by atomic mass is 9.73. The third-order valence-corrected chi connectivity index (χ3v) is 6.61. The van der Waals surface area contributed by atoms with Gasteiger partial charge in [0, 0.05) is 29.9 Å². The van der Waals surface area contributed by atoms with Crippen molar-refractivity contribution in [1.82, 2.24) is 9.62 Å². The Morgan fingerprint density at radius 1 is 1.36 bits per heavy atom. The third kappa shape index (κ3) is 6.00. The summed E-state index contributed by atoms with van der Waals surface area (Å²) in [6.07, 6.45) is 3.49. The predicted octanol–water partition coefficient (Wildman–Crippen LogP) is 5.28. The summed E-state index contributed by atoms with van der Waals surface area (Å²) < 4.78 is 3.35. The number of piperidine rings is 1. The molecule has 140 valence electrons. The zero-order chi connectivity index (χ0) is 18.4. The molecular formula is C20H31BrN2OS. The van der Waals surface area contributed by atoms with Crippen LogP contribution in [0, 0.1) is 18.3 Å². The highest BCUT2D eigenvalue weighted by Gasteiger charge is 2.35. The van der Waals surface area contributed by atoms with E-state index in [2.05, 4.69) is 46.3 Å². The summed E-state index contributed by atoms with van der Waals surface area (Å²) in [5, 5.41) is 3.24. The minimum Gasteiger partial charge on any atom is -0.351 e. The first-order chi connectivity index (χ1) is 11.8. The normalized spacial score (nSPS) is 17.7. The van der Waals surface area contributed by atoms with E-state index >= 15 is 0 Å². The molecule has 1 fully saturated rings. The van der Waals surface area contributed by atoms with Gasteiger partial charge in [-0.1, -0.05) is 44.3 Å². The average molecular weight is 427 g/mol. The Morgan fingerprint density at radius 3 is 2.64 bits per heavy atom. The Bertz CT molecular complexity index is 583. The molecular weight excluding hydrogens is 396 g/mol. The largest absolute Gasteiger partial charge is 0.351 e. The fourth-order valence-electron chi connectivity index (χ4n) is 3.77. The van der Waals surface area contributed by atoms with Gasteiger partial charge >= 0.3 is 0 Å². The Morgan fingerprint density at radius 2 is 2.04 bits per heavy atom. The van der Waals surface area contributed by atoms with E-state index in [1.807, 2.05) is 37.1 Å². The third-order valence-electron chi connectivity index (χ3n) is 4.93. The zero-order valence-electron chi connectivity index (χ0n) is 15.9. The molecule has 0 unspecified atom stereocenters. The number of carbonyl (C=O) groups excluding carboxylic acids is 1. The second-order valence-electron chi connectivity index (χ2n) is 7.61. The molecule has 1 N–H and O–H groups in total. The van der Waals surface area contributed by atoms with Gasteiger partial charge in [-0.15, -0.1) is 0 Å². The Labute approximate surface area is 165 Å². The van der Waals surface area contributed by atoms with Crippen molar-refractivity contribution in [3.05, 3.63) is 33.8 Å². The van der Waals surface area contributed by atoms with Crippen molar-refractivity contribution in [2.24, 2.45) is 11.3 Å². The lowest BCUT2D eigenvalue weighted by Crippen LogP contribution is -2.45. The molecule has 1 aliphatic heterocycles. The van der Waals surface area contributed by atoms with Gasteiger partial charge in [0.15, 0.2) is 0 Å². The van der Waals surface area contributed by atoms with Gasteiger partial charge in [-0.05, 0) is 65.6 Å². The van der Waals surface area contributed by atoms with E-state index in [1.165, 1.54) is 6.42 Å². The van der Waals surface area contributed by atoms with E-state index in [4.69, 9.17) is 0 Å². The van der Waals surface area contributed by atoms with Crippen LogP contribution in [-0.2, 0) is 0 Å². The molecule has 2 rings (SSSR count). The van der Waals surface area contributed by atoms with E-state index in [1.54, 1.807) is 0 Å². The number of halogens is 1. The number of nitrogens with zero attached hydrogens (tertiary/aromatic N) is 1. The van der Waals surface area contributed by atoms with E-state index in [0.29, 0.717) is 5.92 Å². The molecule has 0 aromatic heterocycles. The standard InChI is InChI=1S/C20H31BrN2OS/c1-5-25-23-10-8-20(9-11-23,13-15(2)3)14-22-19(24)17-12-16(4)6-7-18(17)21/h6-7,12,15H,5,8-11,13-14H2,1-4H3,(H,22,24). The van der Waals surface area contributed by atoms with Crippen LogP contribution < -0.4 is 5.32 Å². The second-order valence-corrected chi connectivity index (χ2v) is 9.82. The summed E-state index contributed by atoms with van der Waals surface area (Å²) >= 11 is 5.44. The smallest absolute Gasteiger partial charge is 0.252 e. The van der Waals surface area contributed by atoms with Crippen LogP contribution in [-0.4, -0.2) is 35.6 Å². The highest BCUT2D eigenvalue weighted by atomic mass is 79.9. The second kappa shape index (κ2) is 9.43. The maximum absolute atomic E-state index is 12.7. The lowest BCUT2D eigenvalue weighted by Gasteiger charge is -2.42. The number of nitrogens with one attached hydrogen (secondary N) is 1. The molecule has 25 heavy (non-hydrogen) atoms. The van der Waals surface area contributed by atoms with Gasteiger partial charge in [-0.25, -0.2) is 0 Å². The molecule has 1 amide bonds. The first kappa shape index (κ1) is 20.8. The number of carbonyl (C=O) groups is 1. The number of benzene rings is 1. The molecule has 1 heterocycles. The van der Waals surface area contributed by atoms with Crippen LogP contribution in [0.15, 0.2) is 22.7 Å². The number of rotatable bonds is 7. The van der Waals surface area contributed by atoms with Crippen LogP contribution in [0.25, 0.3) is 0 Å². The molecule has 3 nitrogen and oxygen atoms in total. The fraction of sp³-hybridized carbons (Fsp3) is 0.650. The summed E-state index contributed by atoms with van der Waals surface area (Å²) in [5.41, 5.74) is 2.07. The van der Waals surface area contributed by atoms with Gasteiger partial charge in [0.25, 0.3) is 5.91 Å². The maximum atomic E-state index is 12.7. The topological polar surface area (TPSA) is 32.3 Å². The highest BCUT2D eigenvalue weighted by molar-refractivity contribution is 9.10. The molecule has 0 saturated carbocycles. The van der Waals surface area contributed by atoms with Crippen LogP contribution in [0.5, 0.6) is 0 Å². The van der Waals surface area contributed by atoms with Crippen molar-refractivity contribution >= 4 is 33.8 Å². The van der Waals surface area contributed by atoms with Gasteiger partial charge in [0.1, 0.15) is 0 Å². The summed E-state index contributed by atoms with van der Waals surface area (Å²) in [6, 6.07) is 5.92. The Balaban J connectivity index is 2.03. The van der Waals surface area contributed by atoms with Gasteiger partial charge in [0.2, 0.25) is 0 Å². The van der Waals surface area contributed by atoms with Crippen LogP contribution in [0.4, 0.5) is 0 Å². The van der Waals surface area contributed by atoms with E-state index < -0.39 is 0 Å². The molecule has 5 heteroatoms. The van der Waals surface area contributed by atoms with Gasteiger partial charge in [0.05, 0.1) is 5.56 Å². The van der Waals surface area contributed by atoms with E-state index in [-0.39, 0.29) is 11.3 Å². The Hall–Kier alpha value is -0.520. The maximum Gasteiger partial charge on any atom is 0.252 e. The van der Waals surface area contributed by atoms with Crippen molar-refractivity contribution < 1.29 is 4.79 Å². The molecule has 1 aromatic carbocycles. The monoisotopic (exact) mass is 426 g/mol. The first-order valence-corrected chi connectivity index (χ1v) is 11.0. The molecule has 1 aliphatic rings. The molecule has 0 bridgehead atoms. The fourth-order valence-corrected chi connectivity index (χ4v) is 5.00. The van der Waals surface area contributed by atoms with Crippen LogP contribution in [0.2, 0.25) is 0 Å².